The van der Waals surface area contributed by atoms with Crippen molar-refractivity contribution in [2.24, 2.45) is 5.84 Å². The molecule has 0 saturated carbocycles. The van der Waals surface area contributed by atoms with Crippen LogP contribution in [-0.4, -0.2) is 30.8 Å². The van der Waals surface area contributed by atoms with Gasteiger partial charge in [0.25, 0.3) is 0 Å². The van der Waals surface area contributed by atoms with Crippen molar-refractivity contribution in [2.45, 2.75) is 30.6 Å². The quantitative estimate of drug-likeness (QED) is 0.641. The van der Waals surface area contributed by atoms with Crippen LogP contribution in [0.1, 0.15) is 25.7 Å². The fourth-order valence-electron chi connectivity index (χ4n) is 2.17. The molecule has 2 heterocycles. The number of nitrogens with one attached hydrogen (secondary N) is 1. The lowest BCUT2D eigenvalue weighted by Gasteiger charge is -2.21. The van der Waals surface area contributed by atoms with Crippen LogP contribution in [0.15, 0.2) is 21.8 Å². The lowest BCUT2D eigenvalue weighted by Crippen LogP contribution is -2.32. The third-order valence-corrected chi connectivity index (χ3v) is 5.70. The maximum Gasteiger partial charge on any atom is 0.246 e. The largest absolute Gasteiger partial charge is 0.322 e. The number of halogens is 1. The minimum Gasteiger partial charge on any atom is -0.322 e. The van der Waals surface area contributed by atoms with E-state index in [1.165, 1.54) is 16.7 Å². The summed E-state index contributed by atoms with van der Waals surface area (Å²) in [5, 5.41) is 0. The van der Waals surface area contributed by atoms with E-state index in [9.17, 15) is 8.42 Å². The van der Waals surface area contributed by atoms with Gasteiger partial charge >= 0.3 is 0 Å². The second-order valence-corrected chi connectivity index (χ2v) is 7.22. The van der Waals surface area contributed by atoms with Gasteiger partial charge in [-0.05, 0) is 28.8 Å². The molecule has 0 unspecified atom stereocenters. The van der Waals surface area contributed by atoms with Crippen LogP contribution < -0.4 is 11.3 Å². The van der Waals surface area contributed by atoms with Crippen molar-refractivity contribution in [2.75, 3.05) is 18.5 Å². The van der Waals surface area contributed by atoms with Crippen molar-refractivity contribution >= 4 is 31.6 Å². The Bertz CT molecular complexity index is 542. The summed E-state index contributed by atoms with van der Waals surface area (Å²) in [6, 6.07) is 0. The topological polar surface area (TPSA) is 88.3 Å². The van der Waals surface area contributed by atoms with Crippen LogP contribution in [0.2, 0.25) is 0 Å². The summed E-state index contributed by atoms with van der Waals surface area (Å²) in [4.78, 5) is 4.05. The van der Waals surface area contributed by atoms with Crippen molar-refractivity contribution in [1.82, 2.24) is 9.29 Å². The minimum atomic E-state index is -3.55. The Morgan fingerprint density at radius 1 is 1.21 bits per heavy atom. The normalized spacial score (nSPS) is 18.0. The maximum atomic E-state index is 12.6. The molecule has 1 saturated heterocycles. The van der Waals surface area contributed by atoms with Gasteiger partial charge in [0.1, 0.15) is 4.90 Å². The number of hydrazine groups is 1. The van der Waals surface area contributed by atoms with E-state index < -0.39 is 10.0 Å². The second kappa shape index (κ2) is 6.17. The van der Waals surface area contributed by atoms with Crippen molar-refractivity contribution < 1.29 is 8.42 Å². The highest BCUT2D eigenvalue weighted by molar-refractivity contribution is 9.10. The van der Waals surface area contributed by atoms with Gasteiger partial charge in [-0.2, -0.15) is 4.31 Å². The number of nitrogen functional groups attached to an aromatic ring is 1. The number of sulfonamides is 1. The highest BCUT2D eigenvalue weighted by Gasteiger charge is 2.28. The molecule has 6 nitrogen and oxygen atoms in total. The Balaban J connectivity index is 2.41. The fourth-order valence-corrected chi connectivity index (χ4v) is 4.39. The number of pyridine rings is 1. The second-order valence-electron chi connectivity index (χ2n) is 4.46. The Kier molecular flexibility index (Phi) is 4.77. The molecule has 8 heteroatoms. The average molecular weight is 349 g/mol. The van der Waals surface area contributed by atoms with Gasteiger partial charge in [-0.3, -0.25) is 10.8 Å². The summed E-state index contributed by atoms with van der Waals surface area (Å²) in [5.74, 6) is 5.42. The van der Waals surface area contributed by atoms with Crippen molar-refractivity contribution in [3.8, 4) is 0 Å². The number of nitrogens with two attached hydrogens (primary N) is 1. The van der Waals surface area contributed by atoms with Crippen LogP contribution in [0.25, 0.3) is 0 Å². The van der Waals surface area contributed by atoms with Crippen LogP contribution >= 0.6 is 15.9 Å². The number of nitrogens with zero attached hydrogens (tertiary/aromatic N) is 2. The molecule has 0 spiro atoms. The zero-order chi connectivity index (χ0) is 13.9. The van der Waals surface area contributed by atoms with Crippen LogP contribution in [0.5, 0.6) is 0 Å². The maximum absolute atomic E-state index is 12.6. The van der Waals surface area contributed by atoms with E-state index in [1.807, 2.05) is 0 Å². The fraction of sp³-hybridized carbons (Fsp3) is 0.545. The zero-order valence-electron chi connectivity index (χ0n) is 10.5. The Morgan fingerprint density at radius 3 is 2.42 bits per heavy atom. The third-order valence-electron chi connectivity index (χ3n) is 3.19. The van der Waals surface area contributed by atoms with Gasteiger partial charge in [0.05, 0.1) is 10.2 Å². The van der Waals surface area contributed by atoms with Crippen molar-refractivity contribution in [1.29, 1.82) is 0 Å². The molecule has 1 aromatic heterocycles. The molecule has 1 fully saturated rings. The highest BCUT2D eigenvalue weighted by Crippen LogP contribution is 2.30. The summed E-state index contributed by atoms with van der Waals surface area (Å²) in [6.07, 6.45) is 6.78. The molecule has 1 aliphatic heterocycles. The molecule has 0 amide bonds. The average Bonchev–Trinajstić information content (AvgIpc) is 2.67. The van der Waals surface area contributed by atoms with E-state index in [1.54, 1.807) is 0 Å². The minimum absolute atomic E-state index is 0.117. The van der Waals surface area contributed by atoms with Gasteiger partial charge in [-0.15, -0.1) is 0 Å². The van der Waals surface area contributed by atoms with Gasteiger partial charge in [0.2, 0.25) is 10.0 Å². The summed E-state index contributed by atoms with van der Waals surface area (Å²) < 4.78 is 27.3. The molecule has 0 bridgehead atoms. The molecule has 0 aliphatic carbocycles. The summed E-state index contributed by atoms with van der Waals surface area (Å²) >= 11 is 3.25. The van der Waals surface area contributed by atoms with Gasteiger partial charge < -0.3 is 5.43 Å². The summed E-state index contributed by atoms with van der Waals surface area (Å²) in [5.41, 5.74) is 2.78. The zero-order valence-corrected chi connectivity index (χ0v) is 12.9. The number of aromatic nitrogens is 1. The van der Waals surface area contributed by atoms with E-state index in [-0.39, 0.29) is 4.90 Å². The molecule has 0 radical (unpaired) electrons. The van der Waals surface area contributed by atoms with E-state index in [2.05, 4.69) is 26.3 Å². The first-order chi connectivity index (χ1) is 9.07. The first-order valence-electron chi connectivity index (χ1n) is 6.17. The standard InChI is InChI=1S/C11H17BrN4O2S/c12-9-7-14-8-10(11(9)15-13)19(17,18)16-5-3-1-2-4-6-16/h7-8H,1-6,13H2,(H,14,15). The highest BCUT2D eigenvalue weighted by atomic mass is 79.9. The van der Waals surface area contributed by atoms with Crippen molar-refractivity contribution in [3.63, 3.8) is 0 Å². The van der Waals surface area contributed by atoms with E-state index >= 15 is 0 Å². The van der Waals surface area contributed by atoms with Crippen molar-refractivity contribution in [3.05, 3.63) is 16.9 Å². The molecule has 1 aliphatic rings. The SMILES string of the molecule is NNc1c(Br)cncc1S(=O)(=O)N1CCCCCC1. The third kappa shape index (κ3) is 3.07. The molecule has 0 aromatic carbocycles. The first kappa shape index (κ1) is 14.7. The number of hydrogen-bond donors (Lipinski definition) is 2. The molecule has 19 heavy (non-hydrogen) atoms. The molecule has 106 valence electrons. The molecule has 2 rings (SSSR count). The summed E-state index contributed by atoms with van der Waals surface area (Å²) in [6.45, 7) is 1.11. The van der Waals surface area contributed by atoms with E-state index in [0.717, 1.165) is 25.7 Å². The Labute approximate surface area is 121 Å². The summed E-state index contributed by atoms with van der Waals surface area (Å²) in [7, 11) is -3.55. The molecular weight excluding hydrogens is 332 g/mol. The smallest absolute Gasteiger partial charge is 0.246 e. The first-order valence-corrected chi connectivity index (χ1v) is 8.41. The van der Waals surface area contributed by atoms with Gasteiger partial charge in [0.15, 0.2) is 0 Å². The number of hydrogen-bond acceptors (Lipinski definition) is 5. The van der Waals surface area contributed by atoms with Crippen LogP contribution in [0, 0.1) is 0 Å². The molecular formula is C11H17BrN4O2S. The van der Waals surface area contributed by atoms with Crippen LogP contribution in [0.4, 0.5) is 5.69 Å². The lowest BCUT2D eigenvalue weighted by molar-refractivity contribution is 0.423. The monoisotopic (exact) mass is 348 g/mol. The van der Waals surface area contributed by atoms with E-state index in [0.29, 0.717) is 23.2 Å². The molecule has 0 atom stereocenters. The molecule has 1 aromatic rings. The number of rotatable bonds is 3. The molecule has 3 N–H and O–H groups in total. The Morgan fingerprint density at radius 2 is 1.84 bits per heavy atom. The lowest BCUT2D eigenvalue weighted by atomic mass is 10.2. The predicted molar refractivity (Wildman–Crippen MR) is 77.0 cm³/mol. The van der Waals surface area contributed by atoms with Crippen LogP contribution in [-0.2, 0) is 10.0 Å². The van der Waals surface area contributed by atoms with Crippen LogP contribution in [0.3, 0.4) is 0 Å². The van der Waals surface area contributed by atoms with Gasteiger partial charge in [-0.25, -0.2) is 8.42 Å². The van der Waals surface area contributed by atoms with E-state index in [4.69, 9.17) is 5.84 Å². The number of anilines is 1. The van der Waals surface area contributed by atoms with Gasteiger partial charge in [-0.1, -0.05) is 12.8 Å². The Hall–Kier alpha value is -0.700. The predicted octanol–water partition coefficient (Wildman–Crippen LogP) is 1.69. The van der Waals surface area contributed by atoms with Gasteiger partial charge in [0, 0.05) is 25.5 Å².